The molecule has 0 amide bonds. The maximum Gasteiger partial charge on any atom is 0.353 e. The van der Waals surface area contributed by atoms with Crippen LogP contribution in [-0.4, -0.2) is 26.0 Å². The third kappa shape index (κ3) is 1.89. The Bertz CT molecular complexity index is 510. The van der Waals surface area contributed by atoms with E-state index in [9.17, 15) is 4.79 Å². The lowest BCUT2D eigenvalue weighted by Gasteiger charge is -1.97. The Morgan fingerprint density at radius 3 is 2.87 bits per heavy atom. The molecule has 2 heterocycles. The van der Waals surface area contributed by atoms with Crippen LogP contribution in [0.3, 0.4) is 0 Å². The lowest BCUT2D eigenvalue weighted by Crippen LogP contribution is -1.96. The van der Waals surface area contributed by atoms with Gasteiger partial charge in [-0.3, -0.25) is 4.98 Å². The van der Waals surface area contributed by atoms with E-state index in [0.29, 0.717) is 11.5 Å². The quantitative estimate of drug-likeness (QED) is 0.872. The number of halogens is 1. The molecule has 0 aliphatic carbocycles. The Morgan fingerprint density at radius 2 is 2.27 bits per heavy atom. The lowest BCUT2D eigenvalue weighted by molar-refractivity contribution is 0.0691. The van der Waals surface area contributed by atoms with Crippen LogP contribution < -0.4 is 0 Å². The van der Waals surface area contributed by atoms with E-state index in [4.69, 9.17) is 5.11 Å². The summed E-state index contributed by atoms with van der Waals surface area (Å²) in [6.07, 6.45) is 2.88. The number of aromatic nitrogens is 3. The fourth-order valence-corrected chi connectivity index (χ4v) is 1.55. The molecule has 2 aromatic heterocycles. The highest BCUT2D eigenvalue weighted by Gasteiger charge is 2.11. The number of aromatic amines is 1. The molecule has 76 valence electrons. The minimum Gasteiger partial charge on any atom is -0.477 e. The number of pyridine rings is 1. The number of H-pyrrole nitrogens is 1. The van der Waals surface area contributed by atoms with Gasteiger partial charge in [0.1, 0.15) is 11.4 Å². The van der Waals surface area contributed by atoms with E-state index in [-0.39, 0.29) is 5.69 Å². The second-order valence-corrected chi connectivity index (χ2v) is 3.64. The molecular weight excluding hydrogens is 262 g/mol. The van der Waals surface area contributed by atoms with Gasteiger partial charge in [0.25, 0.3) is 0 Å². The summed E-state index contributed by atoms with van der Waals surface area (Å²) in [5.74, 6) is -0.610. The first-order chi connectivity index (χ1) is 7.18. The van der Waals surface area contributed by atoms with Crippen molar-refractivity contribution in [2.24, 2.45) is 0 Å². The Hall–Kier alpha value is -1.69. The molecule has 0 aliphatic heterocycles. The van der Waals surface area contributed by atoms with Gasteiger partial charge in [-0.25, -0.2) is 9.78 Å². The maximum atomic E-state index is 10.6. The number of imidazole rings is 1. The van der Waals surface area contributed by atoms with Gasteiger partial charge < -0.3 is 10.1 Å². The van der Waals surface area contributed by atoms with Crippen LogP contribution in [0, 0.1) is 0 Å². The van der Waals surface area contributed by atoms with Crippen molar-refractivity contribution in [1.29, 1.82) is 0 Å². The molecule has 0 spiro atoms. The van der Waals surface area contributed by atoms with Gasteiger partial charge in [0.05, 0.1) is 6.20 Å². The van der Waals surface area contributed by atoms with Gasteiger partial charge in [0.2, 0.25) is 0 Å². The predicted molar refractivity (Wildman–Crippen MR) is 56.5 cm³/mol. The first kappa shape index (κ1) is 9.85. The normalized spacial score (nSPS) is 10.2. The van der Waals surface area contributed by atoms with Crippen LogP contribution in [0.15, 0.2) is 29.0 Å². The van der Waals surface area contributed by atoms with E-state index in [1.165, 1.54) is 6.20 Å². The Kier molecular flexibility index (Phi) is 2.51. The average Bonchev–Trinajstić information content (AvgIpc) is 2.67. The molecule has 0 aromatic carbocycles. The summed E-state index contributed by atoms with van der Waals surface area (Å²) in [6.45, 7) is 0. The molecule has 5 nitrogen and oxygen atoms in total. The molecular formula is C9H6BrN3O2. The van der Waals surface area contributed by atoms with E-state index in [1.807, 2.05) is 6.07 Å². The van der Waals surface area contributed by atoms with E-state index < -0.39 is 5.97 Å². The SMILES string of the molecule is O=C(O)c1cnc(-c2ncccc2Br)[nH]1. The van der Waals surface area contributed by atoms with Crippen LogP contribution in [0.4, 0.5) is 0 Å². The van der Waals surface area contributed by atoms with Crippen LogP contribution in [-0.2, 0) is 0 Å². The van der Waals surface area contributed by atoms with Gasteiger partial charge in [0, 0.05) is 10.7 Å². The standard InChI is InChI=1S/C9H6BrN3O2/c10-5-2-1-3-11-7(5)8-12-4-6(13-8)9(14)15/h1-4H,(H,12,13)(H,14,15). The van der Waals surface area contributed by atoms with E-state index >= 15 is 0 Å². The molecule has 0 fully saturated rings. The monoisotopic (exact) mass is 267 g/mol. The summed E-state index contributed by atoms with van der Waals surface area (Å²) in [6, 6.07) is 3.58. The number of hydrogen-bond acceptors (Lipinski definition) is 3. The van der Waals surface area contributed by atoms with Crippen molar-refractivity contribution in [3.8, 4) is 11.5 Å². The summed E-state index contributed by atoms with van der Waals surface area (Å²) in [4.78, 5) is 21.3. The molecule has 2 aromatic rings. The summed E-state index contributed by atoms with van der Waals surface area (Å²) in [5, 5.41) is 8.71. The largest absolute Gasteiger partial charge is 0.477 e. The minimum atomic E-state index is -1.04. The van der Waals surface area contributed by atoms with Crippen LogP contribution in [0.25, 0.3) is 11.5 Å². The second kappa shape index (κ2) is 3.82. The lowest BCUT2D eigenvalue weighted by atomic mass is 10.3. The van der Waals surface area contributed by atoms with Gasteiger partial charge in [-0.15, -0.1) is 0 Å². The van der Waals surface area contributed by atoms with Crippen molar-refractivity contribution in [2.45, 2.75) is 0 Å². The van der Waals surface area contributed by atoms with Gasteiger partial charge in [-0.05, 0) is 28.1 Å². The van der Waals surface area contributed by atoms with E-state index in [0.717, 1.165) is 4.47 Å². The molecule has 0 saturated heterocycles. The van der Waals surface area contributed by atoms with Gasteiger partial charge in [-0.1, -0.05) is 0 Å². The number of hydrogen-bond donors (Lipinski definition) is 2. The molecule has 6 heteroatoms. The first-order valence-electron chi connectivity index (χ1n) is 4.07. The number of nitrogens with one attached hydrogen (secondary N) is 1. The highest BCUT2D eigenvalue weighted by atomic mass is 79.9. The topological polar surface area (TPSA) is 78.9 Å². The molecule has 0 aliphatic rings. The smallest absolute Gasteiger partial charge is 0.353 e. The number of aromatic carboxylic acids is 1. The van der Waals surface area contributed by atoms with Crippen molar-refractivity contribution in [2.75, 3.05) is 0 Å². The molecule has 0 unspecified atom stereocenters. The number of carbonyl (C=O) groups is 1. The molecule has 0 atom stereocenters. The van der Waals surface area contributed by atoms with Crippen molar-refractivity contribution < 1.29 is 9.90 Å². The van der Waals surface area contributed by atoms with Crippen molar-refractivity contribution in [3.63, 3.8) is 0 Å². The Labute approximate surface area is 93.3 Å². The minimum absolute atomic E-state index is 0.0440. The third-order valence-electron chi connectivity index (χ3n) is 1.79. The van der Waals surface area contributed by atoms with Crippen molar-refractivity contribution >= 4 is 21.9 Å². The van der Waals surface area contributed by atoms with Crippen LogP contribution >= 0.6 is 15.9 Å². The fraction of sp³-hybridized carbons (Fsp3) is 0. The van der Waals surface area contributed by atoms with Crippen LogP contribution in [0.5, 0.6) is 0 Å². The van der Waals surface area contributed by atoms with Gasteiger partial charge in [-0.2, -0.15) is 0 Å². The predicted octanol–water partition coefficient (Wildman–Crippen LogP) is 1.93. The zero-order valence-corrected chi connectivity index (χ0v) is 9.02. The van der Waals surface area contributed by atoms with Gasteiger partial charge in [0.15, 0.2) is 5.82 Å². The number of carboxylic acid groups (broad SMARTS) is 1. The van der Waals surface area contributed by atoms with Crippen LogP contribution in [0.2, 0.25) is 0 Å². The number of carboxylic acids is 1. The third-order valence-corrected chi connectivity index (χ3v) is 2.43. The van der Waals surface area contributed by atoms with Crippen LogP contribution in [0.1, 0.15) is 10.5 Å². The fourth-order valence-electron chi connectivity index (χ4n) is 1.11. The molecule has 15 heavy (non-hydrogen) atoms. The van der Waals surface area contributed by atoms with Crippen molar-refractivity contribution in [1.82, 2.24) is 15.0 Å². The summed E-state index contributed by atoms with van der Waals surface area (Å²) in [7, 11) is 0. The molecule has 0 saturated carbocycles. The first-order valence-corrected chi connectivity index (χ1v) is 4.87. The number of nitrogens with zero attached hydrogens (tertiary/aromatic N) is 2. The maximum absolute atomic E-state index is 10.6. The Balaban J connectivity index is 2.46. The van der Waals surface area contributed by atoms with E-state index in [2.05, 4.69) is 30.9 Å². The zero-order valence-electron chi connectivity index (χ0n) is 7.44. The second-order valence-electron chi connectivity index (χ2n) is 2.78. The molecule has 0 bridgehead atoms. The summed E-state index contributed by atoms with van der Waals surface area (Å²) in [5.41, 5.74) is 0.632. The van der Waals surface area contributed by atoms with E-state index in [1.54, 1.807) is 12.3 Å². The average molecular weight is 268 g/mol. The zero-order chi connectivity index (χ0) is 10.8. The molecule has 2 rings (SSSR count). The molecule has 2 N–H and O–H groups in total. The Morgan fingerprint density at radius 1 is 1.47 bits per heavy atom. The number of rotatable bonds is 2. The molecule has 0 radical (unpaired) electrons. The summed E-state index contributed by atoms with van der Waals surface area (Å²) < 4.78 is 0.760. The highest BCUT2D eigenvalue weighted by molar-refractivity contribution is 9.10. The highest BCUT2D eigenvalue weighted by Crippen LogP contribution is 2.22. The van der Waals surface area contributed by atoms with Gasteiger partial charge >= 0.3 is 5.97 Å². The summed E-state index contributed by atoms with van der Waals surface area (Å²) >= 11 is 3.31. The van der Waals surface area contributed by atoms with Crippen molar-refractivity contribution in [3.05, 3.63) is 34.7 Å².